The molecule has 6 heteroatoms. The maximum atomic E-state index is 11.6. The van der Waals surface area contributed by atoms with Gasteiger partial charge in [0.25, 0.3) is 0 Å². The Morgan fingerprint density at radius 2 is 1.83 bits per heavy atom. The second-order valence-corrected chi connectivity index (χ2v) is 7.80. The van der Waals surface area contributed by atoms with E-state index in [1.54, 1.807) is 0 Å². The summed E-state index contributed by atoms with van der Waals surface area (Å²) in [5, 5.41) is 9.10. The summed E-state index contributed by atoms with van der Waals surface area (Å²) in [5.74, 6) is -1.30. The highest BCUT2D eigenvalue weighted by Crippen LogP contribution is 2.24. The third-order valence-electron chi connectivity index (χ3n) is 3.07. The Bertz CT molecular complexity index is 536. The second kappa shape index (κ2) is 5.40. The van der Waals surface area contributed by atoms with Crippen LogP contribution in [0.2, 0.25) is 0 Å². The van der Waals surface area contributed by atoms with Gasteiger partial charge in [-0.25, -0.2) is 8.42 Å². The monoisotopic (exact) mass is 334 g/mol. The zero-order chi connectivity index (χ0) is 14.0. The molecule has 4 nitrogen and oxygen atoms in total. The van der Waals surface area contributed by atoms with Crippen LogP contribution in [0.4, 0.5) is 0 Å². The fourth-order valence-corrected chi connectivity index (χ4v) is 2.54. The van der Waals surface area contributed by atoms with E-state index in [4.69, 9.17) is 5.11 Å². The molecule has 1 rings (SSSR count). The minimum atomic E-state index is -3.65. The number of carboxylic acid groups (broad SMARTS) is 1. The summed E-state index contributed by atoms with van der Waals surface area (Å²) >= 11 is 3.30. The van der Waals surface area contributed by atoms with Crippen LogP contribution in [0.25, 0.3) is 0 Å². The summed E-state index contributed by atoms with van der Waals surface area (Å²) in [4.78, 5) is 11.2. The first-order valence-corrected chi connectivity index (χ1v) is 8.03. The quantitative estimate of drug-likeness (QED) is 0.896. The minimum absolute atomic E-state index is 0.0583. The second-order valence-electron chi connectivity index (χ2n) is 4.43. The van der Waals surface area contributed by atoms with Gasteiger partial charge in [-0.05, 0) is 37.5 Å². The van der Waals surface area contributed by atoms with E-state index in [9.17, 15) is 13.2 Å². The van der Waals surface area contributed by atoms with Crippen molar-refractivity contribution in [3.05, 3.63) is 34.3 Å². The van der Waals surface area contributed by atoms with Gasteiger partial charge in [-0.3, -0.25) is 4.79 Å². The van der Waals surface area contributed by atoms with Crippen LogP contribution in [-0.4, -0.2) is 30.5 Å². The molecular formula is C12H15BrO4S. The zero-order valence-corrected chi connectivity index (χ0v) is 12.6. The molecule has 0 fully saturated rings. The van der Waals surface area contributed by atoms with Gasteiger partial charge in [0.1, 0.15) is 0 Å². The molecule has 0 heterocycles. The first-order chi connectivity index (χ1) is 8.17. The van der Waals surface area contributed by atoms with Crippen molar-refractivity contribution in [1.82, 2.24) is 0 Å². The third kappa shape index (κ3) is 3.32. The highest BCUT2D eigenvalue weighted by Gasteiger charge is 2.43. The lowest BCUT2D eigenvalue weighted by Gasteiger charge is -2.22. The molecule has 0 spiro atoms. The van der Waals surface area contributed by atoms with Gasteiger partial charge in [-0.15, -0.1) is 0 Å². The average molecular weight is 335 g/mol. The fraction of sp³-hybridized carbons (Fsp3) is 0.417. The number of benzene rings is 1. The lowest BCUT2D eigenvalue weighted by Crippen LogP contribution is -2.43. The summed E-state index contributed by atoms with van der Waals surface area (Å²) in [6.07, 6.45) is 1.43. The van der Waals surface area contributed by atoms with Crippen molar-refractivity contribution >= 4 is 31.7 Å². The fourth-order valence-electron chi connectivity index (χ4n) is 1.48. The van der Waals surface area contributed by atoms with Gasteiger partial charge >= 0.3 is 5.97 Å². The summed E-state index contributed by atoms with van der Waals surface area (Å²) < 4.78 is 22.4. The molecule has 0 amide bonds. The van der Waals surface area contributed by atoms with E-state index in [1.165, 1.54) is 6.92 Å². The van der Waals surface area contributed by atoms with Crippen LogP contribution in [0.15, 0.2) is 28.7 Å². The molecular weight excluding hydrogens is 320 g/mol. The highest BCUT2D eigenvalue weighted by molar-refractivity contribution is 9.10. The Balaban J connectivity index is 2.88. The van der Waals surface area contributed by atoms with Crippen molar-refractivity contribution in [3.8, 4) is 0 Å². The van der Waals surface area contributed by atoms with E-state index in [0.29, 0.717) is 6.42 Å². The zero-order valence-electron chi connectivity index (χ0n) is 10.2. The smallest absolute Gasteiger partial charge is 0.324 e. The van der Waals surface area contributed by atoms with Crippen LogP contribution in [0.3, 0.4) is 0 Å². The number of rotatable bonds is 5. The number of carboxylic acids is 1. The molecule has 1 atom stereocenters. The Hall–Kier alpha value is -0.880. The maximum absolute atomic E-state index is 11.6. The number of aliphatic carboxylic acids is 1. The Labute approximate surface area is 115 Å². The van der Waals surface area contributed by atoms with Crippen molar-refractivity contribution in [2.24, 2.45) is 0 Å². The molecule has 1 aromatic carbocycles. The Morgan fingerprint density at radius 1 is 1.33 bits per heavy atom. The van der Waals surface area contributed by atoms with Gasteiger partial charge in [0.05, 0.1) is 0 Å². The van der Waals surface area contributed by atoms with Crippen molar-refractivity contribution in [2.45, 2.75) is 24.5 Å². The normalized spacial score (nSPS) is 15.1. The molecule has 0 bridgehead atoms. The summed E-state index contributed by atoms with van der Waals surface area (Å²) in [7, 11) is -3.65. The van der Waals surface area contributed by atoms with E-state index in [2.05, 4.69) is 15.9 Å². The average Bonchev–Trinajstić information content (AvgIpc) is 2.26. The van der Waals surface area contributed by atoms with E-state index in [0.717, 1.165) is 16.3 Å². The molecule has 0 aliphatic carbocycles. The van der Waals surface area contributed by atoms with Crippen molar-refractivity contribution in [1.29, 1.82) is 0 Å². The third-order valence-corrected chi connectivity index (χ3v) is 5.62. The maximum Gasteiger partial charge on any atom is 0.324 e. The molecule has 0 aromatic heterocycles. The first-order valence-electron chi connectivity index (χ1n) is 5.34. The number of carbonyl (C=O) groups is 1. The van der Waals surface area contributed by atoms with E-state index in [1.807, 2.05) is 24.3 Å². The Morgan fingerprint density at radius 3 is 2.22 bits per heavy atom. The molecule has 1 N–H and O–H groups in total. The number of sulfone groups is 1. The molecule has 18 heavy (non-hydrogen) atoms. The van der Waals surface area contributed by atoms with Gasteiger partial charge in [-0.1, -0.05) is 28.1 Å². The number of halogens is 1. The van der Waals surface area contributed by atoms with Crippen molar-refractivity contribution in [2.75, 3.05) is 6.26 Å². The standard InChI is InChI=1S/C12H15BrO4S/c1-12(11(14)15,18(2,16)17)8-7-9-3-5-10(13)6-4-9/h3-6H,7-8H2,1-2H3,(H,14,15). The van der Waals surface area contributed by atoms with Gasteiger partial charge in [0.15, 0.2) is 14.6 Å². The lowest BCUT2D eigenvalue weighted by atomic mass is 10.0. The summed E-state index contributed by atoms with van der Waals surface area (Å²) in [6.45, 7) is 1.25. The van der Waals surface area contributed by atoms with Gasteiger partial charge < -0.3 is 5.11 Å². The van der Waals surface area contributed by atoms with Gasteiger partial charge in [0, 0.05) is 10.7 Å². The van der Waals surface area contributed by atoms with Crippen LogP contribution in [0.5, 0.6) is 0 Å². The molecule has 1 unspecified atom stereocenters. The van der Waals surface area contributed by atoms with Crippen LogP contribution in [0.1, 0.15) is 18.9 Å². The van der Waals surface area contributed by atoms with Crippen molar-refractivity contribution < 1.29 is 18.3 Å². The SMILES string of the molecule is CC(CCc1ccc(Br)cc1)(C(=O)O)S(C)(=O)=O. The molecule has 1 aromatic rings. The van der Waals surface area contributed by atoms with E-state index < -0.39 is 20.6 Å². The predicted octanol–water partition coefficient (Wildman–Crippen LogP) is 2.27. The molecule has 0 saturated heterocycles. The van der Waals surface area contributed by atoms with E-state index in [-0.39, 0.29) is 6.42 Å². The van der Waals surface area contributed by atoms with Crippen LogP contribution in [0, 0.1) is 0 Å². The molecule has 0 radical (unpaired) electrons. The van der Waals surface area contributed by atoms with E-state index >= 15 is 0 Å². The number of aryl methyl sites for hydroxylation is 1. The van der Waals surface area contributed by atoms with Crippen LogP contribution >= 0.6 is 15.9 Å². The topological polar surface area (TPSA) is 71.4 Å². The molecule has 0 saturated carbocycles. The summed E-state index contributed by atoms with van der Waals surface area (Å²) in [5.41, 5.74) is 0.911. The van der Waals surface area contributed by atoms with Gasteiger partial charge in [-0.2, -0.15) is 0 Å². The van der Waals surface area contributed by atoms with Crippen LogP contribution < -0.4 is 0 Å². The number of hydrogen-bond acceptors (Lipinski definition) is 3. The first kappa shape index (κ1) is 15.2. The lowest BCUT2D eigenvalue weighted by molar-refractivity contribution is -0.139. The highest BCUT2D eigenvalue weighted by atomic mass is 79.9. The van der Waals surface area contributed by atoms with Crippen LogP contribution in [-0.2, 0) is 21.1 Å². The predicted molar refractivity (Wildman–Crippen MR) is 73.3 cm³/mol. The molecule has 100 valence electrons. The Kier molecular flexibility index (Phi) is 4.55. The van der Waals surface area contributed by atoms with Crippen molar-refractivity contribution in [3.63, 3.8) is 0 Å². The molecule has 0 aliphatic heterocycles. The number of hydrogen-bond donors (Lipinski definition) is 1. The molecule has 0 aliphatic rings. The largest absolute Gasteiger partial charge is 0.480 e. The minimum Gasteiger partial charge on any atom is -0.480 e. The summed E-state index contributed by atoms with van der Waals surface area (Å²) in [6, 6.07) is 7.37. The van der Waals surface area contributed by atoms with Gasteiger partial charge in [0.2, 0.25) is 0 Å².